The van der Waals surface area contributed by atoms with Crippen LogP contribution in [-0.4, -0.2) is 20.8 Å². The Hall–Kier alpha value is -3.61. The van der Waals surface area contributed by atoms with Crippen molar-refractivity contribution in [2.24, 2.45) is 0 Å². The van der Waals surface area contributed by atoms with E-state index in [0.29, 0.717) is 17.1 Å². The molecule has 1 aromatic heterocycles. The first kappa shape index (κ1) is 16.3. The van der Waals surface area contributed by atoms with Gasteiger partial charge in [-0.2, -0.15) is 0 Å². The fourth-order valence-electron chi connectivity index (χ4n) is 2.30. The highest BCUT2D eigenvalue weighted by Crippen LogP contribution is 2.21. The van der Waals surface area contributed by atoms with Gasteiger partial charge in [-0.3, -0.25) is 14.9 Å². The van der Waals surface area contributed by atoms with E-state index >= 15 is 0 Å². The van der Waals surface area contributed by atoms with Gasteiger partial charge in [-0.15, -0.1) is 0 Å². The Morgan fingerprint density at radius 2 is 1.76 bits per heavy atom. The summed E-state index contributed by atoms with van der Waals surface area (Å²) in [6.45, 7) is 1.63. The summed E-state index contributed by atoms with van der Waals surface area (Å²) >= 11 is 0. The first-order valence-electron chi connectivity index (χ1n) is 7.48. The van der Waals surface area contributed by atoms with E-state index in [0.717, 1.165) is 5.56 Å². The average molecular weight is 334 g/mol. The molecular formula is C18H14N4O3. The fraction of sp³-hybridized carbons (Fsp3) is 0.0556. The van der Waals surface area contributed by atoms with Gasteiger partial charge in [-0.05, 0) is 43.3 Å². The van der Waals surface area contributed by atoms with E-state index in [1.54, 1.807) is 61.8 Å². The number of rotatable bonds is 4. The lowest BCUT2D eigenvalue weighted by Crippen LogP contribution is -2.12. The minimum atomic E-state index is -0.499. The average Bonchev–Trinajstić information content (AvgIpc) is 2.63. The second-order valence-corrected chi connectivity index (χ2v) is 5.36. The van der Waals surface area contributed by atoms with Crippen LogP contribution in [0.25, 0.3) is 11.4 Å². The van der Waals surface area contributed by atoms with Gasteiger partial charge in [0.2, 0.25) is 0 Å². The molecule has 0 bridgehead atoms. The smallest absolute Gasteiger partial charge is 0.273 e. The number of nitro groups is 1. The molecule has 0 saturated heterocycles. The van der Waals surface area contributed by atoms with Crippen molar-refractivity contribution in [3.8, 4) is 11.4 Å². The Labute approximate surface area is 143 Å². The molecule has 0 fully saturated rings. The molecule has 0 saturated carbocycles. The van der Waals surface area contributed by atoms with E-state index in [4.69, 9.17) is 0 Å². The lowest BCUT2D eigenvalue weighted by Gasteiger charge is -2.07. The number of amides is 1. The van der Waals surface area contributed by atoms with Crippen molar-refractivity contribution in [1.82, 2.24) is 9.97 Å². The lowest BCUT2D eigenvalue weighted by molar-refractivity contribution is -0.385. The first-order valence-corrected chi connectivity index (χ1v) is 7.48. The zero-order valence-corrected chi connectivity index (χ0v) is 13.3. The summed E-state index contributed by atoms with van der Waals surface area (Å²) in [7, 11) is 0. The molecule has 25 heavy (non-hydrogen) atoms. The molecule has 3 rings (SSSR count). The SMILES string of the molecule is Cc1ccc(C(=O)Nc2ccc(-c3ncccn3)cc2)cc1[N+](=O)[O-]. The molecule has 3 aromatic rings. The predicted molar refractivity (Wildman–Crippen MR) is 93.3 cm³/mol. The highest BCUT2D eigenvalue weighted by atomic mass is 16.6. The summed E-state index contributed by atoms with van der Waals surface area (Å²) in [5, 5.41) is 13.7. The van der Waals surface area contributed by atoms with E-state index in [1.807, 2.05) is 0 Å². The van der Waals surface area contributed by atoms with E-state index in [2.05, 4.69) is 15.3 Å². The maximum absolute atomic E-state index is 12.3. The van der Waals surface area contributed by atoms with Crippen LogP contribution in [0.15, 0.2) is 60.9 Å². The number of aryl methyl sites for hydroxylation is 1. The number of hydrogen-bond donors (Lipinski definition) is 1. The number of nitrogens with zero attached hydrogens (tertiary/aromatic N) is 3. The zero-order chi connectivity index (χ0) is 17.8. The molecule has 0 aliphatic heterocycles. The Balaban J connectivity index is 1.77. The third-order valence-electron chi connectivity index (χ3n) is 3.63. The molecule has 2 aromatic carbocycles. The van der Waals surface area contributed by atoms with Crippen LogP contribution in [0.1, 0.15) is 15.9 Å². The van der Waals surface area contributed by atoms with Crippen molar-refractivity contribution >= 4 is 17.3 Å². The summed E-state index contributed by atoms with van der Waals surface area (Å²) in [4.78, 5) is 31.1. The predicted octanol–water partition coefficient (Wildman–Crippen LogP) is 3.61. The second-order valence-electron chi connectivity index (χ2n) is 5.36. The highest BCUT2D eigenvalue weighted by Gasteiger charge is 2.15. The van der Waals surface area contributed by atoms with Gasteiger partial charge in [0.05, 0.1) is 4.92 Å². The van der Waals surface area contributed by atoms with E-state index in [-0.39, 0.29) is 11.3 Å². The molecular weight excluding hydrogens is 320 g/mol. The summed E-state index contributed by atoms with van der Waals surface area (Å²) in [5.74, 6) is 0.182. The van der Waals surface area contributed by atoms with Crippen LogP contribution in [0.3, 0.4) is 0 Å². The fourth-order valence-corrected chi connectivity index (χ4v) is 2.30. The van der Waals surface area contributed by atoms with E-state index in [9.17, 15) is 14.9 Å². The number of aromatic nitrogens is 2. The Morgan fingerprint density at radius 1 is 1.08 bits per heavy atom. The number of carbonyl (C=O) groups is 1. The van der Waals surface area contributed by atoms with Crippen LogP contribution in [0.4, 0.5) is 11.4 Å². The molecule has 7 nitrogen and oxygen atoms in total. The molecule has 1 N–H and O–H groups in total. The minimum Gasteiger partial charge on any atom is -0.322 e. The van der Waals surface area contributed by atoms with Crippen molar-refractivity contribution in [1.29, 1.82) is 0 Å². The summed E-state index contributed by atoms with van der Waals surface area (Å²) in [6.07, 6.45) is 3.31. The monoisotopic (exact) mass is 334 g/mol. The molecule has 7 heteroatoms. The number of hydrogen-bond acceptors (Lipinski definition) is 5. The van der Waals surface area contributed by atoms with Gasteiger partial charge >= 0.3 is 0 Å². The molecule has 0 atom stereocenters. The number of carbonyl (C=O) groups excluding carboxylic acids is 1. The van der Waals surface area contributed by atoms with Crippen LogP contribution in [0.2, 0.25) is 0 Å². The lowest BCUT2D eigenvalue weighted by atomic mass is 10.1. The Bertz CT molecular complexity index is 925. The number of nitrogens with one attached hydrogen (secondary N) is 1. The van der Waals surface area contributed by atoms with E-state index < -0.39 is 10.8 Å². The van der Waals surface area contributed by atoms with Crippen LogP contribution in [0.5, 0.6) is 0 Å². The Kier molecular flexibility index (Phi) is 4.47. The second kappa shape index (κ2) is 6.88. The molecule has 1 heterocycles. The van der Waals surface area contributed by atoms with E-state index in [1.165, 1.54) is 6.07 Å². The standard InChI is InChI=1S/C18H14N4O3/c1-12-3-4-14(11-16(12)22(24)25)18(23)21-15-7-5-13(6-8-15)17-19-9-2-10-20-17/h2-11H,1H3,(H,21,23). The minimum absolute atomic E-state index is 0.0794. The molecule has 0 radical (unpaired) electrons. The van der Waals surface area contributed by atoms with Crippen molar-refractivity contribution in [2.45, 2.75) is 6.92 Å². The quantitative estimate of drug-likeness (QED) is 0.580. The van der Waals surface area contributed by atoms with Gasteiger partial charge in [0.1, 0.15) is 0 Å². The normalized spacial score (nSPS) is 10.3. The maximum Gasteiger partial charge on any atom is 0.273 e. The molecule has 0 aliphatic carbocycles. The number of benzene rings is 2. The van der Waals surface area contributed by atoms with Gasteiger partial charge in [0.15, 0.2) is 5.82 Å². The van der Waals surface area contributed by atoms with Gasteiger partial charge in [0, 0.05) is 40.8 Å². The first-order chi connectivity index (χ1) is 12.0. The van der Waals surface area contributed by atoms with Crippen molar-refractivity contribution < 1.29 is 9.72 Å². The molecule has 1 amide bonds. The van der Waals surface area contributed by atoms with Crippen molar-refractivity contribution in [3.63, 3.8) is 0 Å². The van der Waals surface area contributed by atoms with Gasteiger partial charge in [0.25, 0.3) is 11.6 Å². The maximum atomic E-state index is 12.3. The van der Waals surface area contributed by atoms with Crippen LogP contribution in [0, 0.1) is 17.0 Å². The molecule has 0 unspecified atom stereocenters. The number of anilines is 1. The summed E-state index contributed by atoms with van der Waals surface area (Å²) < 4.78 is 0. The topological polar surface area (TPSA) is 98.0 Å². The molecule has 124 valence electrons. The third kappa shape index (κ3) is 3.66. The largest absolute Gasteiger partial charge is 0.322 e. The van der Waals surface area contributed by atoms with Crippen LogP contribution in [-0.2, 0) is 0 Å². The van der Waals surface area contributed by atoms with Crippen molar-refractivity contribution in [3.05, 3.63) is 82.2 Å². The number of nitro benzene ring substituents is 1. The van der Waals surface area contributed by atoms with Gasteiger partial charge in [-0.25, -0.2) is 9.97 Å². The third-order valence-corrected chi connectivity index (χ3v) is 3.63. The summed E-state index contributed by atoms with van der Waals surface area (Å²) in [5.41, 5.74) is 2.06. The molecule has 0 aliphatic rings. The highest BCUT2D eigenvalue weighted by molar-refractivity contribution is 6.04. The summed E-state index contributed by atoms with van der Waals surface area (Å²) in [6, 6.07) is 13.2. The zero-order valence-electron chi connectivity index (χ0n) is 13.3. The van der Waals surface area contributed by atoms with Crippen LogP contribution >= 0.6 is 0 Å². The van der Waals surface area contributed by atoms with Gasteiger partial charge < -0.3 is 5.32 Å². The van der Waals surface area contributed by atoms with Gasteiger partial charge in [-0.1, -0.05) is 6.07 Å². The Morgan fingerprint density at radius 3 is 2.40 bits per heavy atom. The van der Waals surface area contributed by atoms with Crippen molar-refractivity contribution in [2.75, 3.05) is 5.32 Å². The molecule has 0 spiro atoms. The van der Waals surface area contributed by atoms with Crippen LogP contribution < -0.4 is 5.32 Å².